The summed E-state index contributed by atoms with van der Waals surface area (Å²) in [5.74, 6) is -1.94. The van der Waals surface area contributed by atoms with Crippen LogP contribution in [-0.4, -0.2) is 26.6 Å². The van der Waals surface area contributed by atoms with Gasteiger partial charge in [-0.2, -0.15) is 0 Å². The lowest BCUT2D eigenvalue weighted by Gasteiger charge is -2.15. The Kier molecular flexibility index (Phi) is 3.84. The molecule has 2 aromatic heterocycles. The van der Waals surface area contributed by atoms with E-state index >= 15 is 0 Å². The Bertz CT molecular complexity index is 1150. The van der Waals surface area contributed by atoms with Crippen LogP contribution in [0.4, 0.5) is 0 Å². The standard InChI is InChI=1S/C21H17NO5/c1-11-15(12-4-6-14(7-5-12)20(24)25)8-9-22-18(11)16(13-2-3-13)10-17(19(22)23)21(26)27/h4-10,13H,2-3H2,1H3,(H,24,25)(H,26,27). The molecule has 1 saturated carbocycles. The molecule has 1 aliphatic rings. The van der Waals surface area contributed by atoms with Crippen LogP contribution in [0.25, 0.3) is 16.6 Å². The van der Waals surface area contributed by atoms with Gasteiger partial charge in [0, 0.05) is 6.20 Å². The van der Waals surface area contributed by atoms with Crippen LogP contribution in [0.3, 0.4) is 0 Å². The van der Waals surface area contributed by atoms with Gasteiger partial charge in [-0.05, 0) is 72.2 Å². The first kappa shape index (κ1) is 17.0. The quantitative estimate of drug-likeness (QED) is 0.739. The number of aryl methyl sites for hydroxylation is 1. The summed E-state index contributed by atoms with van der Waals surface area (Å²) < 4.78 is 1.42. The maximum Gasteiger partial charge on any atom is 0.341 e. The van der Waals surface area contributed by atoms with E-state index in [0.29, 0.717) is 0 Å². The monoisotopic (exact) mass is 363 g/mol. The average Bonchev–Trinajstić information content (AvgIpc) is 3.47. The summed E-state index contributed by atoms with van der Waals surface area (Å²) in [5, 5.41) is 18.4. The van der Waals surface area contributed by atoms with E-state index in [-0.39, 0.29) is 17.0 Å². The molecular formula is C21H17NO5. The molecule has 0 radical (unpaired) electrons. The SMILES string of the molecule is Cc1c(-c2ccc(C(=O)O)cc2)ccn2c(=O)c(C(=O)O)cc(C3CC3)c12. The first-order chi connectivity index (χ1) is 12.9. The fourth-order valence-electron chi connectivity index (χ4n) is 3.56. The smallest absolute Gasteiger partial charge is 0.341 e. The van der Waals surface area contributed by atoms with Gasteiger partial charge in [0.05, 0.1) is 11.1 Å². The fourth-order valence-corrected chi connectivity index (χ4v) is 3.56. The molecule has 6 nitrogen and oxygen atoms in total. The third kappa shape index (κ3) is 2.79. The maximum atomic E-state index is 12.6. The predicted octanol–water partition coefficient (Wildman–Crippen LogP) is 3.55. The first-order valence-electron chi connectivity index (χ1n) is 8.64. The largest absolute Gasteiger partial charge is 0.478 e. The number of benzene rings is 1. The van der Waals surface area contributed by atoms with Crippen LogP contribution in [-0.2, 0) is 0 Å². The second-order valence-corrected chi connectivity index (χ2v) is 6.85. The Hall–Kier alpha value is -3.41. The number of nitrogens with zero attached hydrogens (tertiary/aromatic N) is 1. The van der Waals surface area contributed by atoms with E-state index in [1.807, 2.05) is 6.92 Å². The van der Waals surface area contributed by atoms with Crippen molar-refractivity contribution in [2.75, 3.05) is 0 Å². The lowest BCUT2D eigenvalue weighted by atomic mass is 9.96. The van der Waals surface area contributed by atoms with Crippen LogP contribution >= 0.6 is 0 Å². The first-order valence-corrected chi connectivity index (χ1v) is 8.64. The topological polar surface area (TPSA) is 96.1 Å². The number of pyridine rings is 2. The third-order valence-electron chi connectivity index (χ3n) is 5.10. The number of fused-ring (bicyclic) bond motifs is 1. The van der Waals surface area contributed by atoms with Gasteiger partial charge in [-0.15, -0.1) is 0 Å². The summed E-state index contributed by atoms with van der Waals surface area (Å²) in [6.45, 7) is 1.90. The number of hydrogen-bond donors (Lipinski definition) is 2. The predicted molar refractivity (Wildman–Crippen MR) is 99.7 cm³/mol. The molecule has 3 aromatic rings. The summed E-state index contributed by atoms with van der Waals surface area (Å²) in [5.41, 5.74) is 3.67. The van der Waals surface area contributed by atoms with Gasteiger partial charge in [0.1, 0.15) is 5.56 Å². The minimum atomic E-state index is -1.22. The summed E-state index contributed by atoms with van der Waals surface area (Å²) in [6, 6.07) is 9.85. The fraction of sp³-hybridized carbons (Fsp3) is 0.190. The van der Waals surface area contributed by atoms with Crippen molar-refractivity contribution in [3.8, 4) is 11.1 Å². The zero-order chi connectivity index (χ0) is 19.3. The average molecular weight is 363 g/mol. The molecule has 0 bridgehead atoms. The van der Waals surface area contributed by atoms with Gasteiger partial charge in [0.2, 0.25) is 0 Å². The second-order valence-electron chi connectivity index (χ2n) is 6.85. The third-order valence-corrected chi connectivity index (χ3v) is 5.10. The Morgan fingerprint density at radius 2 is 1.70 bits per heavy atom. The molecule has 0 spiro atoms. The number of aromatic carboxylic acids is 2. The normalized spacial score (nSPS) is 13.7. The van der Waals surface area contributed by atoms with Gasteiger partial charge in [0.25, 0.3) is 5.56 Å². The van der Waals surface area contributed by atoms with E-state index in [0.717, 1.165) is 40.6 Å². The zero-order valence-electron chi connectivity index (χ0n) is 14.6. The van der Waals surface area contributed by atoms with Crippen molar-refractivity contribution in [1.82, 2.24) is 4.40 Å². The van der Waals surface area contributed by atoms with Gasteiger partial charge >= 0.3 is 11.9 Å². The van der Waals surface area contributed by atoms with E-state index in [1.165, 1.54) is 10.5 Å². The molecule has 1 aromatic carbocycles. The minimum absolute atomic E-state index is 0.207. The van der Waals surface area contributed by atoms with Crippen molar-refractivity contribution >= 4 is 17.5 Å². The summed E-state index contributed by atoms with van der Waals surface area (Å²) in [7, 11) is 0. The molecule has 27 heavy (non-hydrogen) atoms. The molecule has 1 fully saturated rings. The van der Waals surface area contributed by atoms with Crippen molar-refractivity contribution in [3.63, 3.8) is 0 Å². The number of aromatic nitrogens is 1. The summed E-state index contributed by atoms with van der Waals surface area (Å²) in [6.07, 6.45) is 3.55. The zero-order valence-corrected chi connectivity index (χ0v) is 14.6. The molecule has 136 valence electrons. The Morgan fingerprint density at radius 3 is 2.26 bits per heavy atom. The summed E-state index contributed by atoms with van der Waals surface area (Å²) in [4.78, 5) is 35.1. The Labute approximate surface area is 154 Å². The lowest BCUT2D eigenvalue weighted by Crippen LogP contribution is -2.23. The van der Waals surface area contributed by atoms with Gasteiger partial charge in [-0.1, -0.05) is 12.1 Å². The number of carbonyl (C=O) groups is 2. The molecule has 0 unspecified atom stereocenters. The van der Waals surface area contributed by atoms with Crippen LogP contribution in [0, 0.1) is 6.92 Å². The van der Waals surface area contributed by atoms with Crippen LogP contribution in [0.1, 0.15) is 50.6 Å². The van der Waals surface area contributed by atoms with Crippen LogP contribution in [0.5, 0.6) is 0 Å². The molecule has 4 rings (SSSR count). The van der Waals surface area contributed by atoms with E-state index in [2.05, 4.69) is 0 Å². The van der Waals surface area contributed by atoms with Gasteiger partial charge in [0.15, 0.2) is 0 Å². The van der Waals surface area contributed by atoms with Crippen molar-refractivity contribution in [1.29, 1.82) is 0 Å². The Balaban J connectivity index is 1.97. The lowest BCUT2D eigenvalue weighted by molar-refractivity contribution is 0.0685. The summed E-state index contributed by atoms with van der Waals surface area (Å²) >= 11 is 0. The van der Waals surface area contributed by atoms with Crippen molar-refractivity contribution in [2.45, 2.75) is 25.7 Å². The van der Waals surface area contributed by atoms with Crippen LogP contribution < -0.4 is 5.56 Å². The van der Waals surface area contributed by atoms with E-state index in [9.17, 15) is 19.5 Å². The number of carboxylic acids is 2. The molecule has 1 aliphatic carbocycles. The van der Waals surface area contributed by atoms with Gasteiger partial charge in [-0.3, -0.25) is 9.20 Å². The second kappa shape index (κ2) is 6.09. The highest BCUT2D eigenvalue weighted by atomic mass is 16.4. The molecule has 2 N–H and O–H groups in total. The van der Waals surface area contributed by atoms with Crippen molar-refractivity contribution in [2.24, 2.45) is 0 Å². The minimum Gasteiger partial charge on any atom is -0.478 e. The van der Waals surface area contributed by atoms with E-state index in [4.69, 9.17) is 5.11 Å². The van der Waals surface area contributed by atoms with Gasteiger partial charge < -0.3 is 10.2 Å². The number of hydrogen-bond acceptors (Lipinski definition) is 3. The molecule has 0 atom stereocenters. The highest BCUT2D eigenvalue weighted by Crippen LogP contribution is 2.43. The number of carboxylic acid groups (broad SMARTS) is 2. The van der Waals surface area contributed by atoms with Gasteiger partial charge in [-0.25, -0.2) is 9.59 Å². The van der Waals surface area contributed by atoms with Crippen molar-refractivity contribution in [3.05, 3.63) is 75.2 Å². The highest BCUT2D eigenvalue weighted by molar-refractivity contribution is 5.90. The van der Waals surface area contributed by atoms with E-state index in [1.54, 1.807) is 36.5 Å². The van der Waals surface area contributed by atoms with Crippen LogP contribution in [0.15, 0.2) is 47.4 Å². The molecule has 2 heterocycles. The molecule has 0 saturated heterocycles. The van der Waals surface area contributed by atoms with Crippen LogP contribution in [0.2, 0.25) is 0 Å². The Morgan fingerprint density at radius 1 is 1.04 bits per heavy atom. The molecule has 6 heteroatoms. The molecule has 0 aliphatic heterocycles. The maximum absolute atomic E-state index is 12.6. The number of rotatable bonds is 4. The highest BCUT2D eigenvalue weighted by Gasteiger charge is 2.29. The van der Waals surface area contributed by atoms with Crippen molar-refractivity contribution < 1.29 is 19.8 Å². The molecule has 0 amide bonds. The molecular weight excluding hydrogens is 346 g/mol. The van der Waals surface area contributed by atoms with E-state index < -0.39 is 17.5 Å².